The van der Waals surface area contributed by atoms with Crippen molar-refractivity contribution in [2.24, 2.45) is 24.8 Å². The highest BCUT2D eigenvalue weighted by Gasteiger charge is 2.38. The number of rotatable bonds is 10. The zero-order chi connectivity index (χ0) is 27.4. The number of nitrogens with two attached hydrogens (primary N) is 1. The van der Waals surface area contributed by atoms with E-state index < -0.39 is 0 Å². The van der Waals surface area contributed by atoms with E-state index in [9.17, 15) is 4.79 Å². The molecule has 12 nitrogen and oxygen atoms in total. The molecule has 3 N–H and O–H groups in total. The molecule has 1 aliphatic heterocycles. The van der Waals surface area contributed by atoms with Crippen molar-refractivity contribution >= 4 is 17.5 Å². The normalized spacial score (nSPS) is 18.8. The van der Waals surface area contributed by atoms with Gasteiger partial charge in [-0.3, -0.25) is 4.79 Å². The first-order valence-corrected chi connectivity index (χ1v) is 13.2. The summed E-state index contributed by atoms with van der Waals surface area (Å²) in [6, 6.07) is 6.01. The van der Waals surface area contributed by atoms with E-state index in [-0.39, 0.29) is 29.4 Å². The van der Waals surface area contributed by atoms with Gasteiger partial charge >= 0.3 is 6.01 Å². The van der Waals surface area contributed by atoms with E-state index in [2.05, 4.69) is 36.2 Å². The molecule has 204 valence electrons. The summed E-state index contributed by atoms with van der Waals surface area (Å²) in [6.45, 7) is 4.75. The van der Waals surface area contributed by atoms with Crippen molar-refractivity contribution in [3.63, 3.8) is 0 Å². The Morgan fingerprint density at radius 3 is 2.72 bits per heavy atom. The minimum Gasteiger partial charge on any atom is -0.489 e. The van der Waals surface area contributed by atoms with Crippen LogP contribution >= 0.6 is 0 Å². The van der Waals surface area contributed by atoms with Crippen molar-refractivity contribution in [2.75, 3.05) is 43.5 Å². The van der Waals surface area contributed by atoms with Crippen LogP contribution in [0.2, 0.25) is 0 Å². The molecule has 3 aromatic heterocycles. The highest BCUT2D eigenvalue weighted by Crippen LogP contribution is 2.37. The Kier molecular flexibility index (Phi) is 7.76. The zero-order valence-electron chi connectivity index (χ0n) is 22.2. The number of nitrogens with zero attached hydrogens (tertiary/aromatic N) is 7. The fraction of sp³-hybridized carbons (Fsp3) is 0.481. The quantitative estimate of drug-likeness (QED) is 0.398. The number of amides is 1. The van der Waals surface area contributed by atoms with Gasteiger partial charge in [-0.05, 0) is 38.2 Å². The fourth-order valence-corrected chi connectivity index (χ4v) is 4.59. The monoisotopic (exact) mass is 531 g/mol. The average molecular weight is 532 g/mol. The second kappa shape index (κ2) is 11.6. The van der Waals surface area contributed by atoms with E-state index >= 15 is 0 Å². The third-order valence-corrected chi connectivity index (χ3v) is 7.07. The van der Waals surface area contributed by atoms with E-state index in [1.807, 2.05) is 30.8 Å². The Morgan fingerprint density at radius 1 is 1.21 bits per heavy atom. The Bertz CT molecular complexity index is 1360. The van der Waals surface area contributed by atoms with Crippen LogP contribution in [0.5, 0.6) is 11.8 Å². The summed E-state index contributed by atoms with van der Waals surface area (Å²) < 4.78 is 13.8. The molecule has 12 heteroatoms. The topological polar surface area (TPSA) is 157 Å². The largest absolute Gasteiger partial charge is 0.489 e. The molecule has 1 saturated heterocycles. The van der Waals surface area contributed by atoms with Crippen molar-refractivity contribution in [1.82, 2.24) is 29.8 Å². The number of hydrogen-bond donors (Lipinski definition) is 2. The number of anilines is 2. The summed E-state index contributed by atoms with van der Waals surface area (Å²) in [7, 11) is 1.92. The second-order valence-corrected chi connectivity index (χ2v) is 10.1. The number of piperidine rings is 1. The van der Waals surface area contributed by atoms with Crippen molar-refractivity contribution in [3.8, 4) is 29.1 Å². The number of nitriles is 1. The minimum atomic E-state index is -0.269. The molecule has 0 unspecified atom stereocenters. The molecule has 0 radical (unpaired) electrons. The molecular weight excluding hydrogens is 498 g/mol. The SMILES string of the molecule is CCNC(=O)c1cc(N2CCC(COc3cc(-c4cn(C)cn4)cnc3N)CC2)nc(OC[C@H]2C[C@H]2C#N)n1. The van der Waals surface area contributed by atoms with E-state index in [0.717, 1.165) is 43.6 Å². The number of imidazole rings is 1. The molecule has 0 spiro atoms. The van der Waals surface area contributed by atoms with Gasteiger partial charge in [0.1, 0.15) is 11.5 Å². The first-order chi connectivity index (χ1) is 18.9. The first kappa shape index (κ1) is 26.2. The van der Waals surface area contributed by atoms with Gasteiger partial charge in [-0.25, -0.2) is 9.97 Å². The molecular formula is C27H33N9O3. The smallest absolute Gasteiger partial charge is 0.319 e. The number of hydrogen-bond acceptors (Lipinski definition) is 10. The second-order valence-electron chi connectivity index (χ2n) is 10.1. The maximum atomic E-state index is 12.5. The van der Waals surface area contributed by atoms with Gasteiger partial charge in [0.05, 0.1) is 37.2 Å². The van der Waals surface area contributed by atoms with Crippen LogP contribution in [0, 0.1) is 29.1 Å². The van der Waals surface area contributed by atoms with Gasteiger partial charge in [-0.2, -0.15) is 15.2 Å². The van der Waals surface area contributed by atoms with Crippen LogP contribution in [0.4, 0.5) is 11.6 Å². The molecule has 4 heterocycles. The highest BCUT2D eigenvalue weighted by molar-refractivity contribution is 5.93. The Balaban J connectivity index is 1.20. The number of pyridine rings is 1. The number of nitrogen functional groups attached to an aromatic ring is 1. The Labute approximate surface area is 227 Å². The van der Waals surface area contributed by atoms with Gasteiger partial charge in [-0.1, -0.05) is 0 Å². The van der Waals surface area contributed by atoms with Crippen LogP contribution in [0.25, 0.3) is 11.3 Å². The molecule has 0 bridgehead atoms. The lowest BCUT2D eigenvalue weighted by Gasteiger charge is -2.32. The molecule has 5 rings (SSSR count). The van der Waals surface area contributed by atoms with Crippen LogP contribution in [0.15, 0.2) is 30.9 Å². The summed E-state index contributed by atoms with van der Waals surface area (Å²) in [5.74, 6) is 1.85. The number of nitrogens with one attached hydrogen (secondary N) is 1. The number of aryl methyl sites for hydroxylation is 1. The van der Waals surface area contributed by atoms with Crippen molar-refractivity contribution in [3.05, 3.63) is 36.5 Å². The van der Waals surface area contributed by atoms with Gasteiger partial charge in [0.2, 0.25) is 0 Å². The predicted octanol–water partition coefficient (Wildman–Crippen LogP) is 2.44. The molecule has 1 saturated carbocycles. The molecule has 1 amide bonds. The third-order valence-electron chi connectivity index (χ3n) is 7.07. The van der Waals surface area contributed by atoms with E-state index in [0.29, 0.717) is 43.1 Å². The van der Waals surface area contributed by atoms with Gasteiger partial charge in [0.15, 0.2) is 11.6 Å². The van der Waals surface area contributed by atoms with Gasteiger partial charge in [0.25, 0.3) is 5.91 Å². The summed E-state index contributed by atoms with van der Waals surface area (Å²) in [4.78, 5) is 32.2. The van der Waals surface area contributed by atoms with Crippen LogP contribution in [-0.2, 0) is 7.05 Å². The van der Waals surface area contributed by atoms with Gasteiger partial charge < -0.3 is 30.0 Å². The Morgan fingerprint density at radius 2 is 2.03 bits per heavy atom. The van der Waals surface area contributed by atoms with Crippen molar-refractivity contribution in [2.45, 2.75) is 26.2 Å². The number of carbonyl (C=O) groups is 1. The maximum Gasteiger partial charge on any atom is 0.319 e. The standard InChI is InChI=1S/C27H33N9O3/c1-3-30-26(37)21-10-24(34-27(33-21)39-15-20-8-18(20)11-28)36-6-4-17(5-7-36)14-38-23-9-19(12-31-25(23)29)22-13-35(2)16-32-22/h9-10,12-13,16-18,20H,3-8,14-15H2,1-2H3,(H2,29,31)(H,30,37)/t18-,20+/m0/s1. The van der Waals surface area contributed by atoms with Gasteiger partial charge in [-0.15, -0.1) is 0 Å². The van der Waals surface area contributed by atoms with Gasteiger partial charge in [0, 0.05) is 56.6 Å². The summed E-state index contributed by atoms with van der Waals surface area (Å²) in [5, 5.41) is 11.8. The lowest BCUT2D eigenvalue weighted by Crippen LogP contribution is -2.36. The minimum absolute atomic E-state index is 0.0286. The zero-order valence-corrected chi connectivity index (χ0v) is 22.2. The Hall–Kier alpha value is -4.40. The number of aromatic nitrogens is 5. The van der Waals surface area contributed by atoms with Crippen molar-refractivity contribution in [1.29, 1.82) is 5.26 Å². The molecule has 2 aliphatic rings. The fourth-order valence-electron chi connectivity index (χ4n) is 4.59. The lowest BCUT2D eigenvalue weighted by molar-refractivity contribution is 0.0949. The lowest BCUT2D eigenvalue weighted by atomic mass is 9.98. The molecule has 2 fully saturated rings. The van der Waals surface area contributed by atoms with E-state index in [4.69, 9.17) is 20.5 Å². The molecule has 39 heavy (non-hydrogen) atoms. The van der Waals surface area contributed by atoms with Crippen LogP contribution in [0.1, 0.15) is 36.7 Å². The number of carbonyl (C=O) groups excluding carboxylic acids is 1. The van der Waals surface area contributed by atoms with Crippen LogP contribution in [0.3, 0.4) is 0 Å². The number of ether oxygens (including phenoxy) is 2. The molecule has 1 aliphatic carbocycles. The molecule has 0 aromatic carbocycles. The van der Waals surface area contributed by atoms with E-state index in [1.54, 1.807) is 18.6 Å². The first-order valence-electron chi connectivity index (χ1n) is 13.2. The summed E-state index contributed by atoms with van der Waals surface area (Å²) in [5.41, 5.74) is 8.01. The predicted molar refractivity (Wildman–Crippen MR) is 144 cm³/mol. The third kappa shape index (κ3) is 6.37. The van der Waals surface area contributed by atoms with Crippen LogP contribution in [-0.4, -0.2) is 63.3 Å². The van der Waals surface area contributed by atoms with Crippen LogP contribution < -0.4 is 25.4 Å². The summed E-state index contributed by atoms with van der Waals surface area (Å²) >= 11 is 0. The molecule has 3 aromatic rings. The highest BCUT2D eigenvalue weighted by atomic mass is 16.5. The maximum absolute atomic E-state index is 12.5. The average Bonchev–Trinajstić information content (AvgIpc) is 3.59. The van der Waals surface area contributed by atoms with E-state index in [1.165, 1.54) is 0 Å². The summed E-state index contributed by atoms with van der Waals surface area (Å²) in [6.07, 6.45) is 7.95. The molecule has 2 atom stereocenters. The van der Waals surface area contributed by atoms with Crippen molar-refractivity contribution < 1.29 is 14.3 Å².